The van der Waals surface area contributed by atoms with Gasteiger partial charge in [-0.2, -0.15) is 4.31 Å². The topological polar surface area (TPSA) is 77.9 Å². The molecule has 2 rings (SSSR count). The van der Waals surface area contributed by atoms with Crippen LogP contribution in [0.2, 0.25) is 0 Å². The first kappa shape index (κ1) is 19.7. The number of carboxylic acids is 1. The molecular weight excluding hydrogens is 361 g/mol. The Morgan fingerprint density at radius 1 is 1.24 bits per heavy atom. The minimum Gasteiger partial charge on any atom is -0.480 e. The zero-order valence-electron chi connectivity index (χ0n) is 13.6. The Morgan fingerprint density at radius 3 is 2.20 bits per heavy atom. The molecule has 0 aromatic heterocycles. The molecule has 6 nitrogen and oxygen atoms in total. The zero-order valence-corrected chi connectivity index (χ0v) is 14.4. The number of rotatable bonds is 6. The first-order valence-corrected chi connectivity index (χ1v) is 9.21. The summed E-state index contributed by atoms with van der Waals surface area (Å²) >= 11 is 0. The van der Waals surface area contributed by atoms with Crippen LogP contribution in [-0.4, -0.2) is 60.9 Å². The zero-order chi connectivity index (χ0) is 18.8. The highest BCUT2D eigenvalue weighted by Crippen LogP contribution is 2.27. The Balaban J connectivity index is 2.16. The van der Waals surface area contributed by atoms with Gasteiger partial charge in [0.1, 0.15) is 17.5 Å². The van der Waals surface area contributed by atoms with Crippen LogP contribution in [0.15, 0.2) is 17.0 Å². The fourth-order valence-corrected chi connectivity index (χ4v) is 4.59. The number of piperidine rings is 1. The molecule has 1 saturated heterocycles. The van der Waals surface area contributed by atoms with E-state index < -0.39 is 38.3 Å². The highest BCUT2D eigenvalue weighted by Gasteiger charge is 2.35. The molecule has 0 aliphatic carbocycles. The van der Waals surface area contributed by atoms with Crippen LogP contribution in [0, 0.1) is 17.5 Å². The Kier molecular flexibility index (Phi) is 6.07. The van der Waals surface area contributed by atoms with Gasteiger partial charge in [-0.05, 0) is 19.4 Å². The average Bonchev–Trinajstić information content (AvgIpc) is 2.51. The summed E-state index contributed by atoms with van der Waals surface area (Å²) in [6.45, 7) is 2.13. The van der Waals surface area contributed by atoms with Gasteiger partial charge in [-0.25, -0.2) is 21.6 Å². The molecule has 1 aliphatic heterocycles. The lowest BCUT2D eigenvalue weighted by atomic mass is 10.0. The third-order valence-corrected chi connectivity index (χ3v) is 6.20. The van der Waals surface area contributed by atoms with Crippen LogP contribution in [0.4, 0.5) is 13.2 Å². The normalized spacial score (nSPS) is 17.2. The van der Waals surface area contributed by atoms with E-state index in [0.29, 0.717) is 31.5 Å². The molecule has 1 N–H and O–H groups in total. The van der Waals surface area contributed by atoms with Gasteiger partial charge in [-0.3, -0.25) is 9.69 Å². The molecule has 1 aromatic carbocycles. The summed E-state index contributed by atoms with van der Waals surface area (Å²) in [7, 11) is -4.44. The van der Waals surface area contributed by atoms with Crippen LogP contribution in [-0.2, 0) is 14.8 Å². The fourth-order valence-electron chi connectivity index (χ4n) is 3.03. The number of carboxylic acid groups (broad SMARTS) is 1. The van der Waals surface area contributed by atoms with Gasteiger partial charge >= 0.3 is 5.97 Å². The van der Waals surface area contributed by atoms with Gasteiger partial charge in [-0.1, -0.05) is 6.92 Å². The third-order valence-electron chi connectivity index (χ3n) is 4.25. The van der Waals surface area contributed by atoms with E-state index >= 15 is 0 Å². The van der Waals surface area contributed by atoms with Gasteiger partial charge in [0.2, 0.25) is 10.0 Å². The standard InChI is InChI=1S/C15H19F3N2O4S/c1-2-19(9-14(21)22)11-3-5-20(6-4-11)25(23,24)15-12(17)7-10(16)8-13(15)18/h7-8,11H,2-6,9H2,1H3,(H,21,22). The lowest BCUT2D eigenvalue weighted by Gasteiger charge is -2.36. The van der Waals surface area contributed by atoms with Gasteiger partial charge in [-0.15, -0.1) is 0 Å². The number of sulfonamides is 1. The van der Waals surface area contributed by atoms with E-state index in [0.717, 1.165) is 4.31 Å². The number of nitrogens with zero attached hydrogens (tertiary/aromatic N) is 2. The molecule has 10 heteroatoms. The van der Waals surface area contributed by atoms with E-state index in [2.05, 4.69) is 0 Å². The smallest absolute Gasteiger partial charge is 0.317 e. The molecule has 0 bridgehead atoms. The van der Waals surface area contributed by atoms with Gasteiger partial charge < -0.3 is 5.11 Å². The maximum atomic E-state index is 13.8. The van der Waals surface area contributed by atoms with Gasteiger partial charge in [0.15, 0.2) is 4.90 Å². The molecular formula is C15H19F3N2O4S. The third kappa shape index (κ3) is 4.31. The van der Waals surface area contributed by atoms with E-state index in [-0.39, 0.29) is 25.7 Å². The summed E-state index contributed by atoms with van der Waals surface area (Å²) in [5, 5.41) is 8.90. The Bertz CT molecular complexity index is 726. The second-order valence-electron chi connectivity index (χ2n) is 5.79. The molecule has 1 fully saturated rings. The SMILES string of the molecule is CCN(CC(=O)O)C1CCN(S(=O)(=O)c2c(F)cc(F)cc2F)CC1. The van der Waals surface area contributed by atoms with Crippen molar-refractivity contribution in [2.45, 2.75) is 30.7 Å². The average molecular weight is 380 g/mol. The highest BCUT2D eigenvalue weighted by atomic mass is 32.2. The lowest BCUT2D eigenvalue weighted by molar-refractivity contribution is -0.139. The van der Waals surface area contributed by atoms with Crippen molar-refractivity contribution in [2.24, 2.45) is 0 Å². The summed E-state index contributed by atoms with van der Waals surface area (Å²) in [5.74, 6) is -5.12. The van der Waals surface area contributed by atoms with Crippen LogP contribution in [0.1, 0.15) is 19.8 Å². The highest BCUT2D eigenvalue weighted by molar-refractivity contribution is 7.89. The van der Waals surface area contributed by atoms with E-state index in [1.54, 1.807) is 11.8 Å². The van der Waals surface area contributed by atoms with E-state index in [4.69, 9.17) is 5.11 Å². The number of carbonyl (C=O) groups is 1. The number of hydrogen-bond donors (Lipinski definition) is 1. The molecule has 1 aromatic rings. The first-order valence-electron chi connectivity index (χ1n) is 7.77. The summed E-state index contributed by atoms with van der Waals surface area (Å²) in [6.07, 6.45) is 0.676. The molecule has 0 spiro atoms. The maximum Gasteiger partial charge on any atom is 0.317 e. The van der Waals surface area contributed by atoms with Crippen LogP contribution in [0.5, 0.6) is 0 Å². The number of benzene rings is 1. The molecule has 140 valence electrons. The second kappa shape index (κ2) is 7.71. The molecule has 1 heterocycles. The molecule has 25 heavy (non-hydrogen) atoms. The molecule has 1 aliphatic rings. The molecule has 0 radical (unpaired) electrons. The van der Waals surface area contributed by atoms with Crippen LogP contribution < -0.4 is 0 Å². The van der Waals surface area contributed by atoms with Crippen molar-refractivity contribution in [3.8, 4) is 0 Å². The van der Waals surface area contributed by atoms with Crippen molar-refractivity contribution in [3.63, 3.8) is 0 Å². The summed E-state index contributed by atoms with van der Waals surface area (Å²) in [4.78, 5) is 11.4. The van der Waals surface area contributed by atoms with Crippen LogP contribution >= 0.6 is 0 Å². The van der Waals surface area contributed by atoms with Gasteiger partial charge in [0.05, 0.1) is 6.54 Å². The molecule has 0 amide bonds. The van der Waals surface area contributed by atoms with E-state index in [1.165, 1.54) is 0 Å². The van der Waals surface area contributed by atoms with E-state index in [9.17, 15) is 26.4 Å². The predicted octanol–water partition coefficient (Wildman–Crippen LogP) is 1.66. The summed E-state index contributed by atoms with van der Waals surface area (Å²) in [6, 6.07) is 0.526. The van der Waals surface area contributed by atoms with Crippen molar-refractivity contribution < 1.29 is 31.5 Å². The van der Waals surface area contributed by atoms with Gasteiger partial charge in [0.25, 0.3) is 0 Å². The van der Waals surface area contributed by atoms with E-state index in [1.807, 2.05) is 0 Å². The van der Waals surface area contributed by atoms with Gasteiger partial charge in [0, 0.05) is 31.3 Å². The summed E-state index contributed by atoms with van der Waals surface area (Å²) < 4.78 is 66.5. The minimum absolute atomic E-state index is 0.000620. The maximum absolute atomic E-state index is 13.8. The Hall–Kier alpha value is -1.65. The predicted molar refractivity (Wildman–Crippen MR) is 83.0 cm³/mol. The number of halogens is 3. The number of likely N-dealkylation sites (N-methyl/N-ethyl adjacent to an activating group) is 1. The van der Waals surface area contributed by atoms with Crippen molar-refractivity contribution in [3.05, 3.63) is 29.6 Å². The fraction of sp³-hybridized carbons (Fsp3) is 0.533. The second-order valence-corrected chi connectivity index (χ2v) is 7.67. The molecule has 0 atom stereocenters. The number of aliphatic carboxylic acids is 1. The lowest BCUT2D eigenvalue weighted by Crippen LogP contribution is -2.48. The summed E-state index contributed by atoms with van der Waals surface area (Å²) in [5.41, 5.74) is 0. The van der Waals surface area contributed by atoms with Crippen LogP contribution in [0.3, 0.4) is 0 Å². The quantitative estimate of drug-likeness (QED) is 0.812. The van der Waals surface area contributed by atoms with Crippen LogP contribution in [0.25, 0.3) is 0 Å². The minimum atomic E-state index is -4.44. The monoisotopic (exact) mass is 380 g/mol. The molecule has 0 unspecified atom stereocenters. The van der Waals surface area contributed by atoms with Crippen molar-refractivity contribution in [1.82, 2.24) is 9.21 Å². The van der Waals surface area contributed by atoms with Crippen molar-refractivity contribution in [2.75, 3.05) is 26.2 Å². The number of hydrogen-bond acceptors (Lipinski definition) is 4. The molecule has 0 saturated carbocycles. The van der Waals surface area contributed by atoms with Crippen molar-refractivity contribution in [1.29, 1.82) is 0 Å². The Morgan fingerprint density at radius 2 is 1.76 bits per heavy atom. The largest absolute Gasteiger partial charge is 0.480 e. The Labute approximate surface area is 143 Å². The first-order chi connectivity index (χ1) is 11.7. The van der Waals surface area contributed by atoms with Crippen molar-refractivity contribution >= 4 is 16.0 Å².